The van der Waals surface area contributed by atoms with Crippen molar-refractivity contribution in [3.63, 3.8) is 0 Å². The molecule has 1 aliphatic rings. The summed E-state index contributed by atoms with van der Waals surface area (Å²) in [5.41, 5.74) is 2.87. The molecule has 0 saturated carbocycles. The average molecular weight is 412 g/mol. The number of fused-ring (bicyclic) bond motifs is 1. The molecular weight excluding hydrogens is 386 g/mol. The Kier molecular flexibility index (Phi) is 6.03. The van der Waals surface area contributed by atoms with Crippen molar-refractivity contribution in [3.05, 3.63) is 63.5 Å². The standard InChI is InChI=1S/C21H25N5O2S/c1-2-16-3-5-17(6-4-16)22-19(27)15-25-9-7-24(8-10-25)14-18-13-20(28)26-11-12-29-21(26)23-18/h3-6,11-13H,2,7-10,14-15H2,1H3,(H,22,27). The van der Waals surface area contributed by atoms with Crippen molar-refractivity contribution in [2.75, 3.05) is 38.0 Å². The molecule has 0 atom stereocenters. The molecule has 152 valence electrons. The minimum absolute atomic E-state index is 0.0144. The lowest BCUT2D eigenvalue weighted by atomic mass is 10.1. The average Bonchev–Trinajstić information content (AvgIpc) is 3.19. The van der Waals surface area contributed by atoms with Crippen LogP contribution >= 0.6 is 11.3 Å². The number of anilines is 1. The van der Waals surface area contributed by atoms with E-state index >= 15 is 0 Å². The molecule has 1 aromatic carbocycles. The van der Waals surface area contributed by atoms with Gasteiger partial charge in [0.2, 0.25) is 5.91 Å². The molecule has 0 radical (unpaired) electrons. The van der Waals surface area contributed by atoms with Gasteiger partial charge in [-0.3, -0.25) is 23.8 Å². The minimum Gasteiger partial charge on any atom is -0.325 e. The van der Waals surface area contributed by atoms with Crippen LogP contribution in [0.5, 0.6) is 0 Å². The van der Waals surface area contributed by atoms with E-state index in [0.29, 0.717) is 13.1 Å². The number of benzene rings is 1. The summed E-state index contributed by atoms with van der Waals surface area (Å²) in [7, 11) is 0. The summed E-state index contributed by atoms with van der Waals surface area (Å²) in [4.78, 5) is 34.2. The van der Waals surface area contributed by atoms with Crippen LogP contribution < -0.4 is 10.9 Å². The number of nitrogens with one attached hydrogen (secondary N) is 1. The van der Waals surface area contributed by atoms with Gasteiger partial charge in [0, 0.05) is 56.1 Å². The zero-order valence-corrected chi connectivity index (χ0v) is 17.3. The van der Waals surface area contributed by atoms with Gasteiger partial charge < -0.3 is 5.32 Å². The van der Waals surface area contributed by atoms with E-state index in [-0.39, 0.29) is 11.5 Å². The van der Waals surface area contributed by atoms with Crippen molar-refractivity contribution in [2.45, 2.75) is 19.9 Å². The first-order chi connectivity index (χ1) is 14.1. The van der Waals surface area contributed by atoms with Gasteiger partial charge in [-0.05, 0) is 24.1 Å². The second-order valence-electron chi connectivity index (χ2n) is 7.29. The van der Waals surface area contributed by atoms with Crippen molar-refractivity contribution in [1.82, 2.24) is 19.2 Å². The highest BCUT2D eigenvalue weighted by molar-refractivity contribution is 7.15. The SMILES string of the molecule is CCc1ccc(NC(=O)CN2CCN(Cc3cc(=O)n4ccsc4n3)CC2)cc1. The van der Waals surface area contributed by atoms with Crippen LogP contribution in [-0.4, -0.2) is 57.8 Å². The van der Waals surface area contributed by atoms with Crippen molar-refractivity contribution in [2.24, 2.45) is 0 Å². The quantitative estimate of drug-likeness (QED) is 0.673. The van der Waals surface area contributed by atoms with Crippen molar-refractivity contribution < 1.29 is 4.79 Å². The molecule has 8 heteroatoms. The van der Waals surface area contributed by atoms with Gasteiger partial charge in [0.1, 0.15) is 0 Å². The second kappa shape index (κ2) is 8.86. The molecule has 1 N–H and O–H groups in total. The lowest BCUT2D eigenvalue weighted by molar-refractivity contribution is -0.117. The predicted molar refractivity (Wildman–Crippen MR) is 116 cm³/mol. The smallest absolute Gasteiger partial charge is 0.258 e. The van der Waals surface area contributed by atoms with Crippen molar-refractivity contribution >= 4 is 27.9 Å². The molecule has 0 spiro atoms. The van der Waals surface area contributed by atoms with Gasteiger partial charge in [0.05, 0.1) is 12.2 Å². The predicted octanol–water partition coefficient (Wildman–Crippen LogP) is 2.07. The third-order valence-electron chi connectivity index (χ3n) is 5.22. The van der Waals surface area contributed by atoms with E-state index in [0.717, 1.165) is 48.9 Å². The number of aryl methyl sites for hydroxylation is 1. The van der Waals surface area contributed by atoms with Gasteiger partial charge in [0.15, 0.2) is 4.96 Å². The summed E-state index contributed by atoms with van der Waals surface area (Å²) in [5.74, 6) is 0.0144. The van der Waals surface area contributed by atoms with Crippen molar-refractivity contribution in [1.29, 1.82) is 0 Å². The Bertz CT molecular complexity index is 1040. The fraction of sp³-hybridized carbons (Fsp3) is 0.381. The fourth-order valence-corrected chi connectivity index (χ4v) is 4.27. The van der Waals surface area contributed by atoms with Crippen LogP contribution in [0.4, 0.5) is 5.69 Å². The molecule has 0 bridgehead atoms. The lowest BCUT2D eigenvalue weighted by Gasteiger charge is -2.34. The molecule has 7 nitrogen and oxygen atoms in total. The summed E-state index contributed by atoms with van der Waals surface area (Å²) >= 11 is 1.47. The molecule has 2 aromatic heterocycles. The summed E-state index contributed by atoms with van der Waals surface area (Å²) in [6.07, 6.45) is 2.74. The number of carbonyl (C=O) groups is 1. The summed E-state index contributed by atoms with van der Waals surface area (Å²) < 4.78 is 1.57. The highest BCUT2D eigenvalue weighted by Crippen LogP contribution is 2.12. The third kappa shape index (κ3) is 4.90. The summed E-state index contributed by atoms with van der Waals surface area (Å²) in [6.45, 7) is 6.51. The Labute approximate surface area is 173 Å². The first kappa shape index (κ1) is 19.8. The van der Waals surface area contributed by atoms with E-state index in [9.17, 15) is 9.59 Å². The normalized spacial score (nSPS) is 15.6. The minimum atomic E-state index is -0.0338. The largest absolute Gasteiger partial charge is 0.325 e. The van der Waals surface area contributed by atoms with E-state index in [2.05, 4.69) is 27.0 Å². The van der Waals surface area contributed by atoms with E-state index in [1.807, 2.05) is 29.6 Å². The maximum atomic E-state index is 12.3. The summed E-state index contributed by atoms with van der Waals surface area (Å²) in [6, 6.07) is 9.61. The molecular formula is C21H25N5O2S. The Morgan fingerprint density at radius 1 is 1.14 bits per heavy atom. The molecule has 0 unspecified atom stereocenters. The monoisotopic (exact) mass is 411 g/mol. The number of carbonyl (C=O) groups excluding carboxylic acids is 1. The van der Waals surface area contributed by atoms with Crippen LogP contribution in [0.1, 0.15) is 18.2 Å². The Morgan fingerprint density at radius 2 is 1.86 bits per heavy atom. The molecule has 3 aromatic rings. The van der Waals surface area contributed by atoms with Crippen LogP contribution in [-0.2, 0) is 17.8 Å². The number of hydrogen-bond acceptors (Lipinski definition) is 6. The van der Waals surface area contributed by atoms with Gasteiger partial charge in [-0.1, -0.05) is 19.1 Å². The third-order valence-corrected chi connectivity index (χ3v) is 5.98. The Hall–Kier alpha value is -2.55. The Morgan fingerprint density at radius 3 is 2.59 bits per heavy atom. The molecule has 1 saturated heterocycles. The van der Waals surface area contributed by atoms with E-state index < -0.39 is 0 Å². The van der Waals surface area contributed by atoms with E-state index in [1.54, 1.807) is 16.7 Å². The molecule has 3 heterocycles. The van der Waals surface area contributed by atoms with Gasteiger partial charge in [-0.2, -0.15) is 0 Å². The van der Waals surface area contributed by atoms with Gasteiger partial charge in [-0.15, -0.1) is 11.3 Å². The number of hydrogen-bond donors (Lipinski definition) is 1. The lowest BCUT2D eigenvalue weighted by Crippen LogP contribution is -2.48. The molecule has 1 fully saturated rings. The molecule has 0 aliphatic carbocycles. The first-order valence-corrected chi connectivity index (χ1v) is 10.8. The number of piperazine rings is 1. The van der Waals surface area contributed by atoms with E-state index in [4.69, 9.17) is 0 Å². The fourth-order valence-electron chi connectivity index (χ4n) is 3.53. The second-order valence-corrected chi connectivity index (χ2v) is 8.17. The van der Waals surface area contributed by atoms with Crippen LogP contribution in [0.25, 0.3) is 4.96 Å². The maximum Gasteiger partial charge on any atom is 0.258 e. The zero-order valence-electron chi connectivity index (χ0n) is 16.5. The van der Waals surface area contributed by atoms with Gasteiger partial charge in [0.25, 0.3) is 5.56 Å². The van der Waals surface area contributed by atoms with Crippen LogP contribution in [0.15, 0.2) is 46.7 Å². The van der Waals surface area contributed by atoms with Crippen LogP contribution in [0.2, 0.25) is 0 Å². The highest BCUT2D eigenvalue weighted by atomic mass is 32.1. The van der Waals surface area contributed by atoms with Crippen molar-refractivity contribution in [3.8, 4) is 0 Å². The summed E-state index contributed by atoms with van der Waals surface area (Å²) in [5, 5.41) is 4.84. The first-order valence-electron chi connectivity index (χ1n) is 9.90. The maximum absolute atomic E-state index is 12.3. The Balaban J connectivity index is 1.26. The van der Waals surface area contributed by atoms with E-state index in [1.165, 1.54) is 16.9 Å². The number of thiazole rings is 1. The highest BCUT2D eigenvalue weighted by Gasteiger charge is 2.20. The van der Waals surface area contributed by atoms with Gasteiger partial charge in [-0.25, -0.2) is 4.98 Å². The zero-order chi connectivity index (χ0) is 20.2. The molecule has 4 rings (SSSR count). The number of nitrogens with zero attached hydrogens (tertiary/aromatic N) is 4. The van der Waals surface area contributed by atoms with Crippen LogP contribution in [0, 0.1) is 0 Å². The molecule has 1 amide bonds. The molecule has 1 aliphatic heterocycles. The number of aromatic nitrogens is 2. The van der Waals surface area contributed by atoms with Crippen LogP contribution in [0.3, 0.4) is 0 Å². The number of amides is 1. The van der Waals surface area contributed by atoms with Gasteiger partial charge >= 0.3 is 0 Å². The molecule has 29 heavy (non-hydrogen) atoms. The topological polar surface area (TPSA) is 70.0 Å². The number of rotatable bonds is 6.